The highest BCUT2D eigenvalue weighted by molar-refractivity contribution is 9.10. The Morgan fingerprint density at radius 1 is 1.54 bits per heavy atom. The van der Waals surface area contributed by atoms with E-state index in [1.165, 1.54) is 0 Å². The highest BCUT2D eigenvalue weighted by Gasteiger charge is 2.14. The highest BCUT2D eigenvalue weighted by Crippen LogP contribution is 2.16. The fourth-order valence-electron chi connectivity index (χ4n) is 1.37. The zero-order chi connectivity index (χ0) is 9.10. The van der Waals surface area contributed by atoms with Crippen molar-refractivity contribution >= 4 is 21.6 Å². The Labute approximate surface area is 85.6 Å². The summed E-state index contributed by atoms with van der Waals surface area (Å²) in [7, 11) is 0. The summed E-state index contributed by atoms with van der Waals surface area (Å²) < 4.78 is 6.26. The predicted octanol–water partition coefficient (Wildman–Crippen LogP) is 2.04. The van der Waals surface area contributed by atoms with Crippen LogP contribution in [-0.2, 0) is 4.74 Å². The van der Waals surface area contributed by atoms with E-state index in [0.717, 1.165) is 29.8 Å². The van der Waals surface area contributed by atoms with Crippen LogP contribution in [0.1, 0.15) is 6.42 Å². The number of nitrogens with one attached hydrogen (secondary N) is 1. The van der Waals surface area contributed by atoms with Crippen LogP contribution in [0, 0.1) is 0 Å². The molecule has 2 rings (SSSR count). The molecule has 0 aromatic carbocycles. The molecule has 0 bridgehead atoms. The summed E-state index contributed by atoms with van der Waals surface area (Å²) in [4.78, 5) is 4.08. The first-order chi connectivity index (χ1) is 6.34. The zero-order valence-electron chi connectivity index (χ0n) is 7.16. The molecule has 1 aliphatic heterocycles. The molecule has 2 heterocycles. The second-order valence-corrected chi connectivity index (χ2v) is 4.01. The standard InChI is InChI=1S/C9H11BrN2O/c10-7-3-9(5-11-4-7)12-8-1-2-13-6-8/h3-5,8,12H,1-2,6H2. The largest absolute Gasteiger partial charge is 0.379 e. The molecule has 0 spiro atoms. The van der Waals surface area contributed by atoms with Crippen LogP contribution in [0.25, 0.3) is 0 Å². The van der Waals surface area contributed by atoms with E-state index in [9.17, 15) is 0 Å². The molecule has 4 heteroatoms. The smallest absolute Gasteiger partial charge is 0.0668 e. The second-order valence-electron chi connectivity index (χ2n) is 3.10. The number of pyridine rings is 1. The van der Waals surface area contributed by atoms with Gasteiger partial charge >= 0.3 is 0 Å². The number of ether oxygens (including phenoxy) is 1. The van der Waals surface area contributed by atoms with Crippen molar-refractivity contribution in [1.82, 2.24) is 4.98 Å². The van der Waals surface area contributed by atoms with Crippen molar-refractivity contribution in [3.63, 3.8) is 0 Å². The summed E-state index contributed by atoms with van der Waals surface area (Å²) in [5.74, 6) is 0. The van der Waals surface area contributed by atoms with Gasteiger partial charge in [0.25, 0.3) is 0 Å². The molecule has 13 heavy (non-hydrogen) atoms. The molecule has 1 saturated heterocycles. The third-order valence-electron chi connectivity index (χ3n) is 2.01. The van der Waals surface area contributed by atoms with E-state index in [1.54, 1.807) is 6.20 Å². The fraction of sp³-hybridized carbons (Fsp3) is 0.444. The maximum absolute atomic E-state index is 5.26. The van der Waals surface area contributed by atoms with Crippen LogP contribution >= 0.6 is 15.9 Å². The lowest BCUT2D eigenvalue weighted by Gasteiger charge is -2.11. The van der Waals surface area contributed by atoms with E-state index in [2.05, 4.69) is 26.2 Å². The van der Waals surface area contributed by atoms with Crippen molar-refractivity contribution < 1.29 is 4.74 Å². The fourth-order valence-corrected chi connectivity index (χ4v) is 1.74. The topological polar surface area (TPSA) is 34.2 Å². The Morgan fingerprint density at radius 2 is 2.46 bits per heavy atom. The number of rotatable bonds is 2. The number of aromatic nitrogens is 1. The first-order valence-electron chi connectivity index (χ1n) is 4.29. The number of anilines is 1. The van der Waals surface area contributed by atoms with Crippen molar-refractivity contribution in [2.24, 2.45) is 0 Å². The lowest BCUT2D eigenvalue weighted by Crippen LogP contribution is -2.18. The van der Waals surface area contributed by atoms with Crippen LogP contribution in [0.3, 0.4) is 0 Å². The molecule has 0 saturated carbocycles. The number of nitrogens with zero attached hydrogens (tertiary/aromatic N) is 1. The average molecular weight is 243 g/mol. The molecule has 1 aromatic heterocycles. The van der Waals surface area contributed by atoms with Gasteiger partial charge in [-0.3, -0.25) is 4.98 Å². The molecule has 0 aliphatic carbocycles. The second kappa shape index (κ2) is 4.07. The third kappa shape index (κ3) is 2.42. The Kier molecular flexibility index (Phi) is 2.80. The Bertz CT molecular complexity index is 287. The summed E-state index contributed by atoms with van der Waals surface area (Å²) in [5.41, 5.74) is 1.05. The van der Waals surface area contributed by atoms with Crippen molar-refractivity contribution in [3.8, 4) is 0 Å². The maximum atomic E-state index is 5.26. The van der Waals surface area contributed by atoms with Crippen LogP contribution in [0.15, 0.2) is 22.9 Å². The quantitative estimate of drug-likeness (QED) is 0.863. The van der Waals surface area contributed by atoms with Crippen LogP contribution in [-0.4, -0.2) is 24.2 Å². The molecule has 1 atom stereocenters. The van der Waals surface area contributed by atoms with Crippen molar-refractivity contribution in [2.75, 3.05) is 18.5 Å². The van der Waals surface area contributed by atoms with Crippen LogP contribution in [0.5, 0.6) is 0 Å². The highest BCUT2D eigenvalue weighted by atomic mass is 79.9. The number of hydrogen-bond acceptors (Lipinski definition) is 3. The van der Waals surface area contributed by atoms with Gasteiger partial charge in [-0.1, -0.05) is 0 Å². The first-order valence-corrected chi connectivity index (χ1v) is 5.09. The SMILES string of the molecule is Brc1cncc(NC2CCOC2)c1. The summed E-state index contributed by atoms with van der Waals surface area (Å²) in [6.07, 6.45) is 4.67. The Balaban J connectivity index is 2.00. The normalized spacial score (nSPS) is 21.8. The van der Waals surface area contributed by atoms with Gasteiger partial charge in [0, 0.05) is 17.3 Å². The van der Waals surface area contributed by atoms with Gasteiger partial charge in [0.05, 0.1) is 24.5 Å². The van der Waals surface area contributed by atoms with Gasteiger partial charge in [0.2, 0.25) is 0 Å². The molecule has 1 aromatic rings. The van der Waals surface area contributed by atoms with E-state index < -0.39 is 0 Å². The predicted molar refractivity (Wildman–Crippen MR) is 54.8 cm³/mol. The van der Waals surface area contributed by atoms with E-state index in [4.69, 9.17) is 4.74 Å². The summed E-state index contributed by atoms with van der Waals surface area (Å²) >= 11 is 3.38. The summed E-state index contributed by atoms with van der Waals surface area (Å²) in [5, 5.41) is 3.36. The van der Waals surface area contributed by atoms with Gasteiger partial charge in [-0.15, -0.1) is 0 Å². The Hall–Kier alpha value is -0.610. The van der Waals surface area contributed by atoms with Crippen LogP contribution in [0.2, 0.25) is 0 Å². The van der Waals surface area contributed by atoms with Crippen molar-refractivity contribution in [1.29, 1.82) is 0 Å². The third-order valence-corrected chi connectivity index (χ3v) is 2.44. The lowest BCUT2D eigenvalue weighted by molar-refractivity contribution is 0.195. The number of hydrogen-bond donors (Lipinski definition) is 1. The van der Waals surface area contributed by atoms with E-state index in [0.29, 0.717) is 6.04 Å². The minimum absolute atomic E-state index is 0.441. The van der Waals surface area contributed by atoms with Crippen LogP contribution < -0.4 is 5.32 Å². The monoisotopic (exact) mass is 242 g/mol. The molecule has 1 unspecified atom stereocenters. The molecule has 0 radical (unpaired) electrons. The minimum Gasteiger partial charge on any atom is -0.379 e. The van der Waals surface area contributed by atoms with Gasteiger partial charge in [0.15, 0.2) is 0 Å². The summed E-state index contributed by atoms with van der Waals surface area (Å²) in [6, 6.07) is 2.46. The Morgan fingerprint density at radius 3 is 3.15 bits per heavy atom. The molecule has 0 amide bonds. The van der Waals surface area contributed by atoms with Crippen LogP contribution in [0.4, 0.5) is 5.69 Å². The van der Waals surface area contributed by atoms with E-state index >= 15 is 0 Å². The van der Waals surface area contributed by atoms with Gasteiger partial charge < -0.3 is 10.1 Å². The first kappa shape index (κ1) is 8.97. The molecule has 1 aliphatic rings. The van der Waals surface area contributed by atoms with Crippen molar-refractivity contribution in [2.45, 2.75) is 12.5 Å². The molecular weight excluding hydrogens is 232 g/mol. The van der Waals surface area contributed by atoms with Gasteiger partial charge in [-0.05, 0) is 28.4 Å². The van der Waals surface area contributed by atoms with Crippen molar-refractivity contribution in [3.05, 3.63) is 22.9 Å². The lowest BCUT2D eigenvalue weighted by atomic mass is 10.2. The van der Waals surface area contributed by atoms with Gasteiger partial charge in [-0.2, -0.15) is 0 Å². The minimum atomic E-state index is 0.441. The summed E-state index contributed by atoms with van der Waals surface area (Å²) in [6.45, 7) is 1.66. The van der Waals surface area contributed by atoms with Gasteiger partial charge in [-0.25, -0.2) is 0 Å². The maximum Gasteiger partial charge on any atom is 0.0668 e. The number of halogens is 1. The molecule has 3 nitrogen and oxygen atoms in total. The molecule has 70 valence electrons. The average Bonchev–Trinajstić information content (AvgIpc) is 2.57. The molecule has 1 fully saturated rings. The zero-order valence-corrected chi connectivity index (χ0v) is 8.75. The van der Waals surface area contributed by atoms with Gasteiger partial charge in [0.1, 0.15) is 0 Å². The van der Waals surface area contributed by atoms with E-state index in [-0.39, 0.29) is 0 Å². The molecular formula is C9H11BrN2O. The van der Waals surface area contributed by atoms with E-state index in [1.807, 2.05) is 12.3 Å². The molecule has 1 N–H and O–H groups in total.